The molecule has 1 atom stereocenters. The monoisotopic (exact) mass is 359 g/mol. The molecule has 0 saturated carbocycles. The number of anilines is 1. The van der Waals surface area contributed by atoms with E-state index in [1.165, 1.54) is 6.42 Å². The lowest BCUT2D eigenvalue weighted by molar-refractivity contribution is -0.134. The molecule has 0 spiro atoms. The van der Waals surface area contributed by atoms with Crippen LogP contribution in [0.15, 0.2) is 4.79 Å². The normalized spacial score (nSPS) is 24.0. The molecule has 3 aliphatic rings. The molecule has 2 saturated heterocycles. The van der Waals surface area contributed by atoms with E-state index in [4.69, 9.17) is 4.98 Å². The number of amides is 1. The van der Waals surface area contributed by atoms with Gasteiger partial charge in [-0.1, -0.05) is 6.92 Å². The van der Waals surface area contributed by atoms with Gasteiger partial charge in [0.2, 0.25) is 11.9 Å². The van der Waals surface area contributed by atoms with Gasteiger partial charge in [-0.25, -0.2) is 4.98 Å². The molecule has 0 bridgehead atoms. The summed E-state index contributed by atoms with van der Waals surface area (Å²) in [6, 6.07) is 0. The Morgan fingerprint density at radius 2 is 2.00 bits per heavy atom. The summed E-state index contributed by atoms with van der Waals surface area (Å²) in [6.07, 6.45) is 5.36. The van der Waals surface area contributed by atoms with Crippen LogP contribution >= 0.6 is 0 Å². The zero-order valence-corrected chi connectivity index (χ0v) is 15.7. The maximum atomic E-state index is 12.6. The molecular formula is C19H29N5O2. The smallest absolute Gasteiger partial charge is 0.257 e. The molecule has 7 heteroatoms. The number of hydrogen-bond donors (Lipinski definition) is 1. The number of likely N-dealkylation sites (tertiary alicyclic amines) is 1. The molecule has 4 rings (SSSR count). The Morgan fingerprint density at radius 3 is 2.77 bits per heavy atom. The third kappa shape index (κ3) is 3.63. The van der Waals surface area contributed by atoms with Gasteiger partial charge in [-0.05, 0) is 31.6 Å². The van der Waals surface area contributed by atoms with Crippen molar-refractivity contribution in [3.63, 3.8) is 0 Å². The Hall–Kier alpha value is -1.89. The zero-order valence-electron chi connectivity index (χ0n) is 15.7. The SMILES string of the molecule is C[C@H]1CCCN(C(=O)CN2CCc3nc(N4CCCC4)[nH]c(=O)c3C2)C1. The molecule has 142 valence electrons. The van der Waals surface area contributed by atoms with Crippen LogP contribution in [0.2, 0.25) is 0 Å². The van der Waals surface area contributed by atoms with E-state index in [1.54, 1.807) is 0 Å². The van der Waals surface area contributed by atoms with Crippen molar-refractivity contribution >= 4 is 11.9 Å². The molecule has 1 amide bonds. The molecule has 3 aliphatic heterocycles. The second-order valence-corrected chi connectivity index (χ2v) is 8.06. The fraction of sp³-hybridized carbons (Fsp3) is 0.737. The van der Waals surface area contributed by atoms with E-state index < -0.39 is 0 Å². The summed E-state index contributed by atoms with van der Waals surface area (Å²) in [5, 5.41) is 0. The Bertz CT molecular complexity index is 725. The summed E-state index contributed by atoms with van der Waals surface area (Å²) < 4.78 is 0. The topological polar surface area (TPSA) is 72.5 Å². The number of rotatable bonds is 3. The summed E-state index contributed by atoms with van der Waals surface area (Å²) in [6.45, 7) is 7.59. The van der Waals surface area contributed by atoms with Crippen molar-refractivity contribution in [3.05, 3.63) is 21.6 Å². The van der Waals surface area contributed by atoms with Gasteiger partial charge < -0.3 is 9.80 Å². The van der Waals surface area contributed by atoms with E-state index in [9.17, 15) is 9.59 Å². The van der Waals surface area contributed by atoms with Gasteiger partial charge in [0.15, 0.2) is 0 Å². The summed E-state index contributed by atoms with van der Waals surface area (Å²) in [5.74, 6) is 1.50. The number of piperidine rings is 1. The molecule has 0 radical (unpaired) electrons. The van der Waals surface area contributed by atoms with Gasteiger partial charge in [-0.3, -0.25) is 19.5 Å². The minimum absolute atomic E-state index is 0.0411. The minimum atomic E-state index is -0.0411. The average Bonchev–Trinajstić information content (AvgIpc) is 3.17. The molecule has 0 unspecified atom stereocenters. The number of aromatic nitrogens is 2. The van der Waals surface area contributed by atoms with E-state index in [0.29, 0.717) is 19.0 Å². The highest BCUT2D eigenvalue weighted by molar-refractivity contribution is 5.78. The van der Waals surface area contributed by atoms with Gasteiger partial charge in [0.1, 0.15) is 0 Å². The first kappa shape index (κ1) is 17.5. The maximum Gasteiger partial charge on any atom is 0.257 e. The highest BCUT2D eigenvalue weighted by atomic mass is 16.2. The number of H-pyrrole nitrogens is 1. The van der Waals surface area contributed by atoms with Crippen molar-refractivity contribution in [2.24, 2.45) is 5.92 Å². The molecule has 4 heterocycles. The lowest BCUT2D eigenvalue weighted by Crippen LogP contribution is -2.46. The quantitative estimate of drug-likeness (QED) is 0.871. The van der Waals surface area contributed by atoms with Gasteiger partial charge in [-0.15, -0.1) is 0 Å². The van der Waals surface area contributed by atoms with Gasteiger partial charge in [0.25, 0.3) is 5.56 Å². The van der Waals surface area contributed by atoms with E-state index >= 15 is 0 Å². The molecular weight excluding hydrogens is 330 g/mol. The predicted molar refractivity (Wildman–Crippen MR) is 100 cm³/mol. The van der Waals surface area contributed by atoms with Gasteiger partial charge in [0, 0.05) is 45.7 Å². The fourth-order valence-corrected chi connectivity index (χ4v) is 4.39. The summed E-state index contributed by atoms with van der Waals surface area (Å²) in [7, 11) is 0. The Morgan fingerprint density at radius 1 is 1.19 bits per heavy atom. The van der Waals surface area contributed by atoms with Crippen molar-refractivity contribution in [2.75, 3.05) is 44.2 Å². The standard InChI is InChI=1S/C19H29N5O2/c1-14-5-4-9-24(11-14)17(25)13-22-10-6-16-15(12-22)18(26)21-19(20-16)23-7-2-3-8-23/h14H,2-13H2,1H3,(H,20,21,26)/t14-/m0/s1. The first-order valence-electron chi connectivity index (χ1n) is 9.97. The first-order valence-corrected chi connectivity index (χ1v) is 9.97. The van der Waals surface area contributed by atoms with Crippen LogP contribution in [-0.4, -0.2) is 64.9 Å². The summed E-state index contributed by atoms with van der Waals surface area (Å²) in [4.78, 5) is 39.1. The average molecular weight is 359 g/mol. The van der Waals surface area contributed by atoms with E-state index in [1.807, 2.05) is 4.90 Å². The van der Waals surface area contributed by atoms with Crippen molar-refractivity contribution in [2.45, 2.75) is 45.6 Å². The van der Waals surface area contributed by atoms with Crippen LogP contribution in [0.25, 0.3) is 0 Å². The second kappa shape index (κ2) is 7.39. The second-order valence-electron chi connectivity index (χ2n) is 8.06. The van der Waals surface area contributed by atoms with Crippen molar-refractivity contribution in [3.8, 4) is 0 Å². The van der Waals surface area contributed by atoms with E-state index in [2.05, 4.69) is 21.7 Å². The van der Waals surface area contributed by atoms with Gasteiger partial charge in [0.05, 0.1) is 17.8 Å². The zero-order chi connectivity index (χ0) is 18.1. The molecule has 0 aromatic carbocycles. The lowest BCUT2D eigenvalue weighted by atomic mass is 10.0. The Balaban J connectivity index is 1.42. The van der Waals surface area contributed by atoms with Crippen LogP contribution in [0.4, 0.5) is 5.95 Å². The predicted octanol–water partition coefficient (Wildman–Crippen LogP) is 0.987. The minimum Gasteiger partial charge on any atom is -0.342 e. The number of nitrogens with zero attached hydrogens (tertiary/aromatic N) is 4. The van der Waals surface area contributed by atoms with E-state index in [-0.39, 0.29) is 11.5 Å². The van der Waals surface area contributed by atoms with Crippen LogP contribution in [0.5, 0.6) is 0 Å². The van der Waals surface area contributed by atoms with Crippen molar-refractivity contribution < 1.29 is 4.79 Å². The molecule has 1 aromatic heterocycles. The van der Waals surface area contributed by atoms with Gasteiger partial charge in [-0.2, -0.15) is 0 Å². The van der Waals surface area contributed by atoms with Gasteiger partial charge >= 0.3 is 0 Å². The number of fused-ring (bicyclic) bond motifs is 1. The number of hydrogen-bond acceptors (Lipinski definition) is 5. The Labute approximate surface area is 154 Å². The van der Waals surface area contributed by atoms with Crippen molar-refractivity contribution in [1.82, 2.24) is 19.8 Å². The van der Waals surface area contributed by atoms with Crippen molar-refractivity contribution in [1.29, 1.82) is 0 Å². The highest BCUT2D eigenvalue weighted by Crippen LogP contribution is 2.20. The lowest BCUT2D eigenvalue weighted by Gasteiger charge is -2.34. The van der Waals surface area contributed by atoms with Crippen LogP contribution in [-0.2, 0) is 17.8 Å². The van der Waals surface area contributed by atoms with Crippen LogP contribution in [0.3, 0.4) is 0 Å². The largest absolute Gasteiger partial charge is 0.342 e. The molecule has 26 heavy (non-hydrogen) atoms. The number of aromatic amines is 1. The molecule has 7 nitrogen and oxygen atoms in total. The number of carbonyl (C=O) groups excluding carboxylic acids is 1. The highest BCUT2D eigenvalue weighted by Gasteiger charge is 2.27. The molecule has 0 aliphatic carbocycles. The molecule has 1 aromatic rings. The third-order valence-electron chi connectivity index (χ3n) is 5.91. The number of nitrogens with one attached hydrogen (secondary N) is 1. The van der Waals surface area contributed by atoms with Crippen LogP contribution in [0, 0.1) is 5.92 Å². The molecule has 1 N–H and O–H groups in total. The van der Waals surface area contributed by atoms with E-state index in [0.717, 1.165) is 75.6 Å². The fourth-order valence-electron chi connectivity index (χ4n) is 4.39. The van der Waals surface area contributed by atoms with Crippen LogP contribution < -0.4 is 10.5 Å². The summed E-state index contributed by atoms with van der Waals surface area (Å²) in [5.41, 5.74) is 1.60. The Kier molecular flexibility index (Phi) is 4.98. The first-order chi connectivity index (χ1) is 12.6. The molecule has 2 fully saturated rings. The summed E-state index contributed by atoms with van der Waals surface area (Å²) >= 11 is 0. The number of carbonyl (C=O) groups is 1. The van der Waals surface area contributed by atoms with Crippen LogP contribution in [0.1, 0.15) is 43.9 Å². The third-order valence-corrected chi connectivity index (χ3v) is 5.91. The maximum absolute atomic E-state index is 12.6.